The molecule has 0 saturated carbocycles. The van der Waals surface area contributed by atoms with Gasteiger partial charge in [-0.3, -0.25) is 4.79 Å². The third kappa shape index (κ3) is 8.75. The zero-order valence-corrected chi connectivity index (χ0v) is 23.3. The minimum atomic E-state index is -0.700. The summed E-state index contributed by atoms with van der Waals surface area (Å²) in [6, 6.07) is 14.6. The molecule has 1 atom stereocenters. The van der Waals surface area contributed by atoms with Crippen molar-refractivity contribution in [3.8, 4) is 5.75 Å². The summed E-state index contributed by atoms with van der Waals surface area (Å²) in [5.41, 5.74) is 13.7. The average molecular weight is 555 g/mol. The normalized spacial score (nSPS) is 12.0. The molecule has 6 N–H and O–H groups in total. The van der Waals surface area contributed by atoms with Crippen LogP contribution < -0.4 is 16.8 Å². The summed E-state index contributed by atoms with van der Waals surface area (Å²) < 4.78 is 5.69. The number of aryl methyl sites for hydroxylation is 1. The van der Waals surface area contributed by atoms with Gasteiger partial charge >= 0.3 is 6.09 Å². The molecule has 0 unspecified atom stereocenters. The van der Waals surface area contributed by atoms with Gasteiger partial charge in [-0.05, 0) is 68.9 Å². The fourth-order valence-electron chi connectivity index (χ4n) is 3.94. The number of benzene rings is 2. The van der Waals surface area contributed by atoms with Crippen LogP contribution in [0.15, 0.2) is 48.5 Å². The van der Waals surface area contributed by atoms with Crippen molar-refractivity contribution in [2.75, 3.05) is 24.6 Å². The van der Waals surface area contributed by atoms with Crippen molar-refractivity contribution < 1.29 is 19.4 Å². The lowest BCUT2D eigenvalue weighted by molar-refractivity contribution is 0.0202. The van der Waals surface area contributed by atoms with Crippen LogP contribution >= 0.6 is 11.6 Å². The zero-order valence-electron chi connectivity index (χ0n) is 22.6. The molecule has 0 bridgehead atoms. The highest BCUT2D eigenvalue weighted by atomic mass is 35.5. The lowest BCUT2D eigenvalue weighted by Crippen LogP contribution is -2.42. The van der Waals surface area contributed by atoms with E-state index in [9.17, 15) is 14.7 Å². The largest absolute Gasteiger partial charge is 0.508 e. The quantitative estimate of drug-likeness (QED) is 0.304. The number of carbonyl (C=O) groups excluding carboxylic acids is 2. The third-order valence-electron chi connectivity index (χ3n) is 5.88. The molecular weight excluding hydrogens is 520 g/mol. The van der Waals surface area contributed by atoms with E-state index in [0.29, 0.717) is 6.42 Å². The molecule has 10 nitrogen and oxygen atoms in total. The van der Waals surface area contributed by atoms with E-state index in [1.807, 2.05) is 31.2 Å². The number of amides is 2. The summed E-state index contributed by atoms with van der Waals surface area (Å²) in [6.07, 6.45) is 0.0861. The number of hydrogen-bond donors (Lipinski definition) is 4. The van der Waals surface area contributed by atoms with Crippen molar-refractivity contribution in [3.63, 3.8) is 0 Å². The van der Waals surface area contributed by atoms with Gasteiger partial charge in [-0.2, -0.15) is 0 Å². The Morgan fingerprint density at radius 3 is 2.38 bits per heavy atom. The summed E-state index contributed by atoms with van der Waals surface area (Å²) in [5.74, 6) is -0.831. The fourth-order valence-corrected chi connectivity index (χ4v) is 4.07. The molecule has 0 fully saturated rings. The first-order chi connectivity index (χ1) is 18.3. The second kappa shape index (κ2) is 12.7. The van der Waals surface area contributed by atoms with Gasteiger partial charge in [0.15, 0.2) is 22.5 Å². The van der Waals surface area contributed by atoms with Crippen LogP contribution in [-0.4, -0.2) is 50.7 Å². The van der Waals surface area contributed by atoms with Crippen molar-refractivity contribution in [3.05, 3.63) is 76.1 Å². The maximum Gasteiger partial charge on any atom is 0.410 e. The Balaban J connectivity index is 1.87. The minimum Gasteiger partial charge on any atom is -0.508 e. The zero-order chi connectivity index (χ0) is 28.7. The molecule has 3 aromatic rings. The number of carbonyl (C=O) groups is 2. The lowest BCUT2D eigenvalue weighted by Gasteiger charge is -2.31. The molecule has 39 heavy (non-hydrogen) atoms. The monoisotopic (exact) mass is 554 g/mol. The molecule has 1 heterocycles. The van der Waals surface area contributed by atoms with Crippen molar-refractivity contribution in [1.29, 1.82) is 0 Å². The van der Waals surface area contributed by atoms with E-state index in [1.165, 1.54) is 0 Å². The predicted molar refractivity (Wildman–Crippen MR) is 151 cm³/mol. The van der Waals surface area contributed by atoms with Gasteiger partial charge in [-0.15, -0.1) is 0 Å². The molecule has 0 radical (unpaired) electrons. The van der Waals surface area contributed by atoms with Crippen molar-refractivity contribution >= 4 is 35.2 Å². The maximum atomic E-state index is 13.3. The summed E-state index contributed by atoms with van der Waals surface area (Å²) in [6.45, 7) is 8.14. The van der Waals surface area contributed by atoms with E-state index < -0.39 is 17.6 Å². The standard InChI is InChI=1S/C28H35ClN6O4/c1-17-7-5-6-8-20(17)13-19(14-32-26(37)22-24(30)34-25(31)23(29)33-22)16-35(27(38)39-28(2,3)4)15-18-9-11-21(36)12-10-18/h5-12,19,36H,13-16H2,1-4H3,(H,32,37)(H4,30,31,34)/t19-/m0/s1. The van der Waals surface area contributed by atoms with Crippen LogP contribution in [0.5, 0.6) is 5.75 Å². The van der Waals surface area contributed by atoms with E-state index in [4.69, 9.17) is 27.8 Å². The first kappa shape index (κ1) is 29.5. The van der Waals surface area contributed by atoms with E-state index in [-0.39, 0.29) is 53.8 Å². The van der Waals surface area contributed by atoms with Crippen LogP contribution in [0.4, 0.5) is 16.4 Å². The number of nitrogen functional groups attached to an aromatic ring is 2. The van der Waals surface area contributed by atoms with Crippen LogP contribution in [0, 0.1) is 12.8 Å². The molecule has 1 aromatic heterocycles. The number of ether oxygens (including phenoxy) is 1. The second-order valence-corrected chi connectivity index (χ2v) is 10.7. The topological polar surface area (TPSA) is 157 Å². The third-order valence-corrected chi connectivity index (χ3v) is 6.16. The summed E-state index contributed by atoms with van der Waals surface area (Å²) in [4.78, 5) is 35.7. The van der Waals surface area contributed by atoms with Crippen molar-refractivity contribution in [2.45, 2.75) is 46.3 Å². The summed E-state index contributed by atoms with van der Waals surface area (Å²) in [5, 5.41) is 12.4. The average Bonchev–Trinajstić information content (AvgIpc) is 2.85. The molecule has 11 heteroatoms. The number of aromatic hydroxyl groups is 1. The lowest BCUT2D eigenvalue weighted by atomic mass is 9.95. The van der Waals surface area contributed by atoms with Crippen LogP contribution in [0.2, 0.25) is 5.15 Å². The molecule has 208 valence electrons. The van der Waals surface area contributed by atoms with E-state index in [1.54, 1.807) is 49.9 Å². The van der Waals surface area contributed by atoms with Gasteiger partial charge < -0.3 is 31.5 Å². The molecule has 0 aliphatic carbocycles. The van der Waals surface area contributed by atoms with Gasteiger partial charge in [0.25, 0.3) is 5.91 Å². The van der Waals surface area contributed by atoms with E-state index in [0.717, 1.165) is 16.7 Å². The molecule has 0 saturated heterocycles. The number of rotatable bonds is 9. The number of phenolic OH excluding ortho intramolecular Hbond substituents is 1. The van der Waals surface area contributed by atoms with Crippen LogP contribution in [-0.2, 0) is 17.7 Å². The highest BCUT2D eigenvalue weighted by molar-refractivity contribution is 6.31. The molecule has 0 aliphatic heterocycles. The summed E-state index contributed by atoms with van der Waals surface area (Å²) in [7, 11) is 0. The molecule has 0 spiro atoms. The number of anilines is 2. The van der Waals surface area contributed by atoms with Crippen molar-refractivity contribution in [2.24, 2.45) is 5.92 Å². The van der Waals surface area contributed by atoms with Crippen LogP contribution in [0.25, 0.3) is 0 Å². The van der Waals surface area contributed by atoms with Gasteiger partial charge in [0.1, 0.15) is 11.4 Å². The number of nitrogens with zero attached hydrogens (tertiary/aromatic N) is 3. The highest BCUT2D eigenvalue weighted by Gasteiger charge is 2.26. The Morgan fingerprint density at radius 2 is 1.74 bits per heavy atom. The van der Waals surface area contributed by atoms with E-state index >= 15 is 0 Å². The van der Waals surface area contributed by atoms with Crippen molar-refractivity contribution in [1.82, 2.24) is 20.2 Å². The molecular formula is C28H35ClN6O4. The van der Waals surface area contributed by atoms with Gasteiger partial charge in [0, 0.05) is 19.6 Å². The van der Waals surface area contributed by atoms with Crippen LogP contribution in [0.3, 0.4) is 0 Å². The summed E-state index contributed by atoms with van der Waals surface area (Å²) >= 11 is 5.95. The first-order valence-corrected chi connectivity index (χ1v) is 12.9. The Labute approximate surface area is 233 Å². The number of nitrogens with two attached hydrogens (primary N) is 2. The fraction of sp³-hybridized carbons (Fsp3) is 0.357. The van der Waals surface area contributed by atoms with E-state index in [2.05, 4.69) is 15.3 Å². The number of hydrogen-bond acceptors (Lipinski definition) is 8. The number of nitrogens with one attached hydrogen (secondary N) is 1. The number of halogens is 1. The number of aromatic nitrogens is 2. The number of phenols is 1. The van der Waals surface area contributed by atoms with Gasteiger partial charge in [0.2, 0.25) is 0 Å². The minimum absolute atomic E-state index is 0.0645. The van der Waals surface area contributed by atoms with Crippen LogP contribution in [0.1, 0.15) is 48.0 Å². The van der Waals surface area contributed by atoms with Gasteiger partial charge in [0.05, 0.1) is 0 Å². The molecule has 0 aliphatic rings. The Morgan fingerprint density at radius 1 is 1.08 bits per heavy atom. The van der Waals surface area contributed by atoms with Gasteiger partial charge in [-0.1, -0.05) is 48.0 Å². The second-order valence-electron chi connectivity index (χ2n) is 10.4. The molecule has 2 aromatic carbocycles. The molecule has 3 rings (SSSR count). The highest BCUT2D eigenvalue weighted by Crippen LogP contribution is 2.21. The smallest absolute Gasteiger partial charge is 0.410 e. The Hall–Kier alpha value is -4.05. The Kier molecular flexibility index (Phi) is 9.58. The SMILES string of the molecule is Cc1ccccc1C[C@@H](CNC(=O)c1nc(Cl)c(N)nc1N)CN(Cc1ccc(O)cc1)C(=O)OC(C)(C)C. The molecule has 2 amide bonds. The maximum absolute atomic E-state index is 13.3. The van der Waals surface area contributed by atoms with Gasteiger partial charge in [-0.25, -0.2) is 14.8 Å². The first-order valence-electron chi connectivity index (χ1n) is 12.5. The predicted octanol–water partition coefficient (Wildman–Crippen LogP) is 4.33. The Bertz CT molecular complexity index is 1310.